The van der Waals surface area contributed by atoms with E-state index in [9.17, 15) is 4.79 Å². The molecule has 2 aromatic carbocycles. The summed E-state index contributed by atoms with van der Waals surface area (Å²) in [7, 11) is 3.50. The van der Waals surface area contributed by atoms with Crippen LogP contribution in [0.5, 0.6) is 5.75 Å². The number of methoxy groups -OCH3 is 1. The van der Waals surface area contributed by atoms with Crippen molar-refractivity contribution in [3.8, 4) is 17.3 Å². The fourth-order valence-corrected chi connectivity index (χ4v) is 4.85. The summed E-state index contributed by atoms with van der Waals surface area (Å²) in [6.07, 6.45) is 0. The lowest BCUT2D eigenvalue weighted by molar-refractivity contribution is -0.128. The summed E-state index contributed by atoms with van der Waals surface area (Å²) in [5, 5.41) is 10.2. The van der Waals surface area contributed by atoms with Crippen molar-refractivity contribution in [3.63, 3.8) is 0 Å². The van der Waals surface area contributed by atoms with Crippen LogP contribution in [-0.2, 0) is 11.8 Å². The topological polar surface area (TPSA) is 76.6 Å². The number of ether oxygens (including phenoxy) is 1. The Balaban J connectivity index is 1.21. The monoisotopic (exact) mass is 463 g/mol. The van der Waals surface area contributed by atoms with E-state index < -0.39 is 0 Å². The Morgan fingerprint density at radius 1 is 1.06 bits per heavy atom. The second kappa shape index (κ2) is 9.19. The van der Waals surface area contributed by atoms with Crippen LogP contribution >= 0.6 is 11.8 Å². The number of amides is 1. The van der Waals surface area contributed by atoms with Crippen molar-refractivity contribution in [1.29, 1.82) is 0 Å². The van der Waals surface area contributed by atoms with Gasteiger partial charge in [-0.2, -0.15) is 0 Å². The normalized spacial score (nSPS) is 14.1. The third-order valence-electron chi connectivity index (χ3n) is 5.86. The van der Waals surface area contributed by atoms with Crippen LogP contribution in [0.3, 0.4) is 0 Å². The standard InChI is InChI=1S/C24H25N5O3S/c1-27-23(20-15-17-7-6-10-19(31-2)22(17)32-20)25-26-24(27)33-16-21(30)29-13-11-28(12-14-29)18-8-4-3-5-9-18/h3-10,15H,11-14,16H2,1-2H3. The highest BCUT2D eigenvalue weighted by Crippen LogP contribution is 2.33. The van der Waals surface area contributed by atoms with Crippen molar-refractivity contribution in [3.05, 3.63) is 54.6 Å². The molecule has 1 saturated heterocycles. The largest absolute Gasteiger partial charge is 0.493 e. The van der Waals surface area contributed by atoms with Gasteiger partial charge >= 0.3 is 0 Å². The molecule has 2 aromatic heterocycles. The molecule has 0 saturated carbocycles. The van der Waals surface area contributed by atoms with Crippen LogP contribution in [-0.4, -0.2) is 64.6 Å². The summed E-state index contributed by atoms with van der Waals surface area (Å²) >= 11 is 1.39. The van der Waals surface area contributed by atoms with Crippen LogP contribution in [0.15, 0.2) is 64.2 Å². The lowest BCUT2D eigenvalue weighted by atomic mass is 10.2. The molecule has 0 radical (unpaired) electrons. The Kier molecular flexibility index (Phi) is 5.95. The molecule has 0 atom stereocenters. The summed E-state index contributed by atoms with van der Waals surface area (Å²) in [6, 6.07) is 18.0. The van der Waals surface area contributed by atoms with Gasteiger partial charge in [-0.15, -0.1) is 10.2 Å². The number of carbonyl (C=O) groups excluding carboxylic acids is 1. The van der Waals surface area contributed by atoms with E-state index in [-0.39, 0.29) is 5.91 Å². The molecular weight excluding hydrogens is 438 g/mol. The van der Waals surface area contributed by atoms with Crippen LogP contribution in [0.25, 0.3) is 22.6 Å². The molecule has 1 fully saturated rings. The Morgan fingerprint density at radius 3 is 2.61 bits per heavy atom. The average Bonchev–Trinajstić information content (AvgIpc) is 3.46. The van der Waals surface area contributed by atoms with Crippen molar-refractivity contribution in [2.45, 2.75) is 5.16 Å². The van der Waals surface area contributed by atoms with Gasteiger partial charge in [-0.25, -0.2) is 0 Å². The number of thioether (sulfide) groups is 1. The van der Waals surface area contributed by atoms with Crippen molar-refractivity contribution in [2.75, 3.05) is 43.9 Å². The molecule has 33 heavy (non-hydrogen) atoms. The summed E-state index contributed by atoms with van der Waals surface area (Å²) in [5.74, 6) is 2.34. The minimum atomic E-state index is 0.116. The number of piperazine rings is 1. The maximum Gasteiger partial charge on any atom is 0.233 e. The Labute approximate surface area is 196 Å². The lowest BCUT2D eigenvalue weighted by Gasteiger charge is -2.36. The summed E-state index contributed by atoms with van der Waals surface area (Å²) in [6.45, 7) is 3.12. The number of benzene rings is 2. The van der Waals surface area contributed by atoms with E-state index in [0.29, 0.717) is 33.8 Å². The first-order valence-electron chi connectivity index (χ1n) is 10.8. The van der Waals surface area contributed by atoms with Gasteiger partial charge in [0.15, 0.2) is 28.1 Å². The van der Waals surface area contributed by atoms with E-state index in [2.05, 4.69) is 27.2 Å². The van der Waals surface area contributed by atoms with E-state index in [0.717, 1.165) is 31.6 Å². The molecule has 9 heteroatoms. The van der Waals surface area contributed by atoms with Gasteiger partial charge in [-0.05, 0) is 24.3 Å². The third kappa shape index (κ3) is 4.28. The predicted octanol–water partition coefficient (Wildman–Crippen LogP) is 3.68. The smallest absolute Gasteiger partial charge is 0.233 e. The van der Waals surface area contributed by atoms with Crippen molar-refractivity contribution >= 4 is 34.3 Å². The Morgan fingerprint density at radius 2 is 1.85 bits per heavy atom. The summed E-state index contributed by atoms with van der Waals surface area (Å²) < 4.78 is 13.2. The number of furan rings is 1. The highest BCUT2D eigenvalue weighted by Gasteiger charge is 2.23. The van der Waals surface area contributed by atoms with E-state index in [1.54, 1.807) is 7.11 Å². The van der Waals surface area contributed by atoms with Gasteiger partial charge in [0.2, 0.25) is 5.91 Å². The zero-order valence-corrected chi connectivity index (χ0v) is 19.4. The first-order valence-corrected chi connectivity index (χ1v) is 11.8. The van der Waals surface area contributed by atoms with Crippen molar-refractivity contribution in [1.82, 2.24) is 19.7 Å². The number of fused-ring (bicyclic) bond motifs is 1. The molecule has 4 aromatic rings. The second-order valence-electron chi connectivity index (χ2n) is 7.85. The van der Waals surface area contributed by atoms with Crippen LogP contribution in [0.2, 0.25) is 0 Å². The fourth-order valence-electron chi connectivity index (χ4n) is 4.03. The number of nitrogens with zero attached hydrogens (tertiary/aromatic N) is 5. The molecule has 5 rings (SSSR count). The summed E-state index contributed by atoms with van der Waals surface area (Å²) in [5.41, 5.74) is 1.88. The van der Waals surface area contributed by atoms with Crippen molar-refractivity contribution in [2.24, 2.45) is 7.05 Å². The lowest BCUT2D eigenvalue weighted by Crippen LogP contribution is -2.49. The van der Waals surface area contributed by atoms with E-state index in [1.807, 2.05) is 59.0 Å². The number of hydrogen-bond donors (Lipinski definition) is 0. The molecule has 0 aliphatic carbocycles. The Hall–Kier alpha value is -3.46. The molecule has 8 nitrogen and oxygen atoms in total. The molecule has 170 valence electrons. The molecule has 0 spiro atoms. The second-order valence-corrected chi connectivity index (χ2v) is 8.79. The molecule has 0 N–H and O–H groups in total. The SMILES string of the molecule is COc1cccc2cc(-c3nnc(SCC(=O)N4CCN(c5ccccc5)CC4)n3C)oc12. The van der Waals surface area contributed by atoms with E-state index >= 15 is 0 Å². The quantitative estimate of drug-likeness (QED) is 0.404. The molecular formula is C24H25N5O3S. The highest BCUT2D eigenvalue weighted by atomic mass is 32.2. The Bertz CT molecular complexity index is 1260. The maximum absolute atomic E-state index is 12.8. The van der Waals surface area contributed by atoms with Crippen LogP contribution in [0.4, 0.5) is 5.69 Å². The van der Waals surface area contributed by atoms with Crippen molar-refractivity contribution < 1.29 is 13.9 Å². The van der Waals surface area contributed by atoms with Crippen LogP contribution in [0, 0.1) is 0 Å². The van der Waals surface area contributed by atoms with Gasteiger partial charge in [-0.1, -0.05) is 42.1 Å². The van der Waals surface area contributed by atoms with Gasteiger partial charge < -0.3 is 23.5 Å². The van der Waals surface area contributed by atoms with Gasteiger partial charge in [0.1, 0.15) is 0 Å². The number of hydrogen-bond acceptors (Lipinski definition) is 7. The first-order chi connectivity index (χ1) is 16.1. The zero-order valence-electron chi connectivity index (χ0n) is 18.6. The minimum Gasteiger partial charge on any atom is -0.493 e. The average molecular weight is 464 g/mol. The highest BCUT2D eigenvalue weighted by molar-refractivity contribution is 7.99. The number of anilines is 1. The predicted molar refractivity (Wildman–Crippen MR) is 129 cm³/mol. The summed E-state index contributed by atoms with van der Waals surface area (Å²) in [4.78, 5) is 17.0. The van der Waals surface area contributed by atoms with Gasteiger partial charge in [0.25, 0.3) is 0 Å². The maximum atomic E-state index is 12.8. The number of carbonyl (C=O) groups is 1. The molecule has 3 heterocycles. The number of aromatic nitrogens is 3. The van der Waals surface area contributed by atoms with Crippen LogP contribution in [0.1, 0.15) is 0 Å². The number of para-hydroxylation sites is 2. The van der Waals surface area contributed by atoms with Crippen LogP contribution < -0.4 is 9.64 Å². The molecule has 0 unspecified atom stereocenters. The van der Waals surface area contributed by atoms with E-state index in [4.69, 9.17) is 9.15 Å². The molecule has 0 bridgehead atoms. The third-order valence-corrected chi connectivity index (χ3v) is 6.87. The first kappa shape index (κ1) is 21.4. The fraction of sp³-hybridized carbons (Fsp3) is 0.292. The molecule has 1 amide bonds. The molecule has 1 aliphatic heterocycles. The van der Waals surface area contributed by atoms with E-state index in [1.165, 1.54) is 17.4 Å². The zero-order chi connectivity index (χ0) is 22.8. The van der Waals surface area contributed by atoms with Gasteiger partial charge in [0.05, 0.1) is 12.9 Å². The molecule has 1 aliphatic rings. The van der Waals surface area contributed by atoms with Gasteiger partial charge in [0, 0.05) is 44.3 Å². The van der Waals surface area contributed by atoms with Gasteiger partial charge in [-0.3, -0.25) is 4.79 Å². The minimum absolute atomic E-state index is 0.116. The number of rotatable bonds is 6.